The van der Waals surface area contributed by atoms with Gasteiger partial charge in [0.1, 0.15) is 17.6 Å². The zero-order chi connectivity index (χ0) is 24.6. The third kappa shape index (κ3) is 3.54. The van der Waals surface area contributed by atoms with E-state index in [1.165, 1.54) is 70.6 Å². The lowest BCUT2D eigenvalue weighted by atomic mass is 9.45. The molecule has 194 valence electrons. The van der Waals surface area contributed by atoms with Gasteiger partial charge in [-0.05, 0) is 128 Å². The largest absolute Gasteiger partial charge is 0.508 e. The van der Waals surface area contributed by atoms with Crippen LogP contribution in [0.2, 0.25) is 0 Å². The molecule has 0 heterocycles. The van der Waals surface area contributed by atoms with E-state index in [0.717, 1.165) is 47.2 Å². The minimum atomic E-state index is 0.330. The highest BCUT2D eigenvalue weighted by Crippen LogP contribution is 2.82. The average Bonchev–Trinajstić information content (AvgIpc) is 3.33. The molecule has 5 fully saturated rings. The molecule has 6 rings (SSSR count). The Morgan fingerprint density at radius 3 is 2.43 bits per heavy atom. The van der Waals surface area contributed by atoms with Crippen molar-refractivity contribution in [3.8, 4) is 11.5 Å². The fourth-order valence-electron chi connectivity index (χ4n) is 11.1. The van der Waals surface area contributed by atoms with Gasteiger partial charge in [0.05, 0.1) is 0 Å². The lowest BCUT2D eigenvalue weighted by Gasteiger charge is -2.61. The Morgan fingerprint density at radius 2 is 1.71 bits per heavy atom. The topological polar surface area (TPSA) is 29.5 Å². The second-order valence-electron chi connectivity index (χ2n) is 14.6. The van der Waals surface area contributed by atoms with Crippen molar-refractivity contribution < 1.29 is 9.84 Å². The lowest BCUT2D eigenvalue weighted by Crippen LogP contribution is -2.57. The third-order valence-electron chi connectivity index (χ3n) is 12.9. The van der Waals surface area contributed by atoms with E-state index in [9.17, 15) is 5.11 Å². The summed E-state index contributed by atoms with van der Waals surface area (Å²) in [4.78, 5) is 0. The summed E-state index contributed by atoms with van der Waals surface area (Å²) in [6.07, 6.45) is 15.9. The first-order chi connectivity index (χ1) is 16.7. The number of phenolic OH excluding ortho intramolecular Hbond substituents is 1. The van der Waals surface area contributed by atoms with E-state index in [1.54, 1.807) is 12.1 Å². The molecule has 0 radical (unpaired) electrons. The summed E-state index contributed by atoms with van der Waals surface area (Å²) >= 11 is 0. The summed E-state index contributed by atoms with van der Waals surface area (Å²) in [6.45, 7) is 12.7. The standard InChI is InChI=1S/C33H50O2/c1-21(2)7-6-8-22(3)27-13-14-28-26-19-30(35-25-11-9-24(34)10-12-25)33-20-23(33)15-18-32(33,5)29(26)16-17-31(27,28)4/h9-12,21-23,26-30,34H,6-8,13-20H2,1-5H3/t22-,23-,26+,27-,28+,29+,30-,31-,32-,33+/m1/s1. The monoisotopic (exact) mass is 478 g/mol. The molecule has 10 atom stereocenters. The summed E-state index contributed by atoms with van der Waals surface area (Å²) in [7, 11) is 0. The number of aromatic hydroxyl groups is 1. The first-order valence-corrected chi connectivity index (χ1v) is 15.1. The van der Waals surface area contributed by atoms with Gasteiger partial charge in [-0.1, -0.05) is 53.9 Å². The van der Waals surface area contributed by atoms with E-state index >= 15 is 0 Å². The van der Waals surface area contributed by atoms with Gasteiger partial charge in [0.15, 0.2) is 0 Å². The highest BCUT2D eigenvalue weighted by molar-refractivity contribution is 5.32. The molecule has 1 aromatic carbocycles. The molecular formula is C33H50O2. The van der Waals surface area contributed by atoms with Crippen molar-refractivity contribution in [1.82, 2.24) is 0 Å². The van der Waals surface area contributed by atoms with E-state index in [1.807, 2.05) is 12.1 Å². The van der Waals surface area contributed by atoms with Crippen molar-refractivity contribution >= 4 is 0 Å². The first kappa shape index (κ1) is 24.2. The molecule has 5 saturated carbocycles. The maximum atomic E-state index is 9.79. The number of rotatable bonds is 7. The predicted molar refractivity (Wildman–Crippen MR) is 143 cm³/mol. The minimum absolute atomic E-state index is 0.330. The summed E-state index contributed by atoms with van der Waals surface area (Å²) < 4.78 is 6.90. The van der Waals surface area contributed by atoms with Crippen molar-refractivity contribution in [3.63, 3.8) is 0 Å². The van der Waals surface area contributed by atoms with E-state index in [-0.39, 0.29) is 0 Å². The van der Waals surface area contributed by atoms with E-state index in [2.05, 4.69) is 34.6 Å². The fourth-order valence-corrected chi connectivity index (χ4v) is 11.1. The van der Waals surface area contributed by atoms with Gasteiger partial charge < -0.3 is 9.84 Å². The molecule has 1 spiro atoms. The lowest BCUT2D eigenvalue weighted by molar-refractivity contribution is -0.145. The van der Waals surface area contributed by atoms with Crippen molar-refractivity contribution in [2.75, 3.05) is 0 Å². The third-order valence-corrected chi connectivity index (χ3v) is 12.9. The zero-order valence-electron chi connectivity index (χ0n) is 23.1. The van der Waals surface area contributed by atoms with Crippen LogP contribution in [0.3, 0.4) is 0 Å². The SMILES string of the molecule is CC(C)CCC[C@@H](C)[C@H]1CC[C@H]2[C@@H]3C[C@@H](Oc4ccc(O)cc4)[C@]45C[C@H]4CC[C@]5(C)[C@H]3CC[C@]12C. The summed E-state index contributed by atoms with van der Waals surface area (Å²) in [5, 5.41) is 9.79. The molecule has 0 saturated heterocycles. The Morgan fingerprint density at radius 1 is 0.943 bits per heavy atom. The molecule has 0 unspecified atom stereocenters. The van der Waals surface area contributed by atoms with Crippen molar-refractivity contribution in [3.05, 3.63) is 24.3 Å². The second-order valence-corrected chi connectivity index (χ2v) is 14.6. The molecule has 35 heavy (non-hydrogen) atoms. The Labute approximate surface area is 214 Å². The van der Waals surface area contributed by atoms with Gasteiger partial charge in [0.25, 0.3) is 0 Å². The van der Waals surface area contributed by atoms with E-state index < -0.39 is 0 Å². The molecule has 0 aromatic heterocycles. The zero-order valence-corrected chi connectivity index (χ0v) is 23.1. The van der Waals surface area contributed by atoms with Gasteiger partial charge in [0.2, 0.25) is 0 Å². The molecule has 1 N–H and O–H groups in total. The Bertz CT molecular complexity index is 922. The van der Waals surface area contributed by atoms with Gasteiger partial charge in [-0.3, -0.25) is 0 Å². The van der Waals surface area contributed by atoms with Crippen LogP contribution in [0.4, 0.5) is 0 Å². The summed E-state index contributed by atoms with van der Waals surface area (Å²) in [6, 6.07) is 7.54. The molecule has 0 aliphatic heterocycles. The first-order valence-electron chi connectivity index (χ1n) is 15.1. The van der Waals surface area contributed by atoms with Crippen LogP contribution in [0.5, 0.6) is 11.5 Å². The van der Waals surface area contributed by atoms with Crippen LogP contribution in [0, 0.1) is 57.7 Å². The highest BCUT2D eigenvalue weighted by atomic mass is 16.5. The average molecular weight is 479 g/mol. The van der Waals surface area contributed by atoms with Gasteiger partial charge in [0, 0.05) is 5.41 Å². The molecular weight excluding hydrogens is 428 g/mol. The number of fused-ring (bicyclic) bond motifs is 4. The van der Waals surface area contributed by atoms with E-state index in [4.69, 9.17) is 4.74 Å². The maximum Gasteiger partial charge on any atom is 0.120 e. The molecule has 0 bridgehead atoms. The number of hydrogen-bond donors (Lipinski definition) is 1. The molecule has 5 aliphatic carbocycles. The minimum Gasteiger partial charge on any atom is -0.508 e. The quantitative estimate of drug-likeness (QED) is 0.424. The van der Waals surface area contributed by atoms with Gasteiger partial charge in [-0.15, -0.1) is 0 Å². The van der Waals surface area contributed by atoms with Gasteiger partial charge >= 0.3 is 0 Å². The summed E-state index contributed by atoms with van der Waals surface area (Å²) in [5.41, 5.74) is 1.41. The molecule has 1 aromatic rings. The second kappa shape index (κ2) is 8.42. The van der Waals surface area contributed by atoms with Crippen molar-refractivity contribution in [2.24, 2.45) is 57.7 Å². The number of benzene rings is 1. The van der Waals surface area contributed by atoms with Crippen LogP contribution in [-0.2, 0) is 0 Å². The molecule has 0 amide bonds. The van der Waals surface area contributed by atoms with Crippen LogP contribution in [0.15, 0.2) is 24.3 Å². The predicted octanol–water partition coefficient (Wildman–Crippen LogP) is 8.87. The van der Waals surface area contributed by atoms with Gasteiger partial charge in [-0.25, -0.2) is 0 Å². The smallest absolute Gasteiger partial charge is 0.120 e. The van der Waals surface area contributed by atoms with Gasteiger partial charge in [-0.2, -0.15) is 0 Å². The van der Waals surface area contributed by atoms with Crippen LogP contribution in [0.25, 0.3) is 0 Å². The Hall–Kier alpha value is -1.18. The molecule has 2 heteroatoms. The highest BCUT2D eigenvalue weighted by Gasteiger charge is 2.78. The normalized spacial score (nSPS) is 46.5. The van der Waals surface area contributed by atoms with Crippen LogP contribution >= 0.6 is 0 Å². The summed E-state index contributed by atoms with van der Waals surface area (Å²) in [5.74, 6) is 7.42. The Balaban J connectivity index is 1.25. The maximum absolute atomic E-state index is 9.79. The number of ether oxygens (including phenoxy) is 1. The number of phenols is 1. The van der Waals surface area contributed by atoms with Crippen LogP contribution in [-0.4, -0.2) is 11.2 Å². The number of hydrogen-bond acceptors (Lipinski definition) is 2. The Kier molecular flexibility index (Phi) is 5.82. The van der Waals surface area contributed by atoms with Crippen molar-refractivity contribution in [2.45, 2.75) is 111 Å². The molecule has 2 nitrogen and oxygen atoms in total. The fraction of sp³-hybridized carbons (Fsp3) is 0.818. The van der Waals surface area contributed by atoms with Crippen molar-refractivity contribution in [1.29, 1.82) is 0 Å². The van der Waals surface area contributed by atoms with Crippen LogP contribution in [0.1, 0.15) is 105 Å². The van der Waals surface area contributed by atoms with E-state index in [0.29, 0.717) is 28.1 Å². The van der Waals surface area contributed by atoms with Crippen LogP contribution < -0.4 is 4.74 Å². The molecule has 5 aliphatic rings.